The summed E-state index contributed by atoms with van der Waals surface area (Å²) in [5.41, 5.74) is 4.48. The largest absolute Gasteiger partial charge is 0.476 e. The molecule has 1 aromatic heterocycles. The van der Waals surface area contributed by atoms with E-state index in [9.17, 15) is 9.59 Å². The van der Waals surface area contributed by atoms with Crippen LogP contribution in [0.3, 0.4) is 0 Å². The summed E-state index contributed by atoms with van der Waals surface area (Å²) in [7, 11) is 0. The Balaban J connectivity index is 3.26. The van der Waals surface area contributed by atoms with Crippen molar-refractivity contribution < 1.29 is 14.7 Å². The smallest absolute Gasteiger partial charge is 0.356 e. The summed E-state index contributed by atoms with van der Waals surface area (Å²) in [6.07, 6.45) is 0. The third-order valence-corrected chi connectivity index (χ3v) is 2.20. The van der Waals surface area contributed by atoms with E-state index >= 15 is 0 Å². The molecular weight excluding hydrogens is 204 g/mol. The molecule has 7 heteroatoms. The number of hydrogen-bond acceptors (Lipinski definition) is 4. The fourth-order valence-corrected chi connectivity index (χ4v) is 1.56. The molecule has 0 aromatic carbocycles. The highest BCUT2D eigenvalue weighted by Crippen LogP contribution is 2.21. The van der Waals surface area contributed by atoms with E-state index in [-0.39, 0.29) is 9.34 Å². The van der Waals surface area contributed by atoms with Crippen molar-refractivity contribution in [3.63, 3.8) is 0 Å². The van der Waals surface area contributed by atoms with E-state index in [0.29, 0.717) is 0 Å². The van der Waals surface area contributed by atoms with Gasteiger partial charge in [-0.3, -0.25) is 4.79 Å². The molecule has 3 N–H and O–H groups in total. The van der Waals surface area contributed by atoms with Gasteiger partial charge in [-0.1, -0.05) is 22.9 Å². The van der Waals surface area contributed by atoms with E-state index in [2.05, 4.69) is 4.98 Å². The summed E-state index contributed by atoms with van der Waals surface area (Å²) in [5, 5.41) is 8.51. The molecule has 64 valence electrons. The van der Waals surface area contributed by atoms with E-state index in [0.717, 1.165) is 11.3 Å². The third-order valence-electron chi connectivity index (χ3n) is 1.03. The Kier molecular flexibility index (Phi) is 2.30. The van der Waals surface area contributed by atoms with Gasteiger partial charge >= 0.3 is 5.97 Å². The molecule has 1 heterocycles. The standard InChI is InChI=1S/C5H3ClN2O3S/c6-5-8-1(4(10)11)2(12-5)3(7)9/h(H2,7,9)(H,10,11). The van der Waals surface area contributed by atoms with Crippen LogP contribution >= 0.6 is 22.9 Å². The summed E-state index contributed by atoms with van der Waals surface area (Å²) in [4.78, 5) is 24.3. The zero-order valence-corrected chi connectivity index (χ0v) is 7.15. The SMILES string of the molecule is NC(=O)c1sc(Cl)nc1C(=O)O. The number of carboxylic acids is 1. The number of hydrogen-bond donors (Lipinski definition) is 2. The molecule has 0 fully saturated rings. The summed E-state index contributed by atoms with van der Waals surface area (Å²) in [5.74, 6) is -2.15. The number of carbonyl (C=O) groups is 2. The normalized spacial score (nSPS) is 9.75. The van der Waals surface area contributed by atoms with Crippen LogP contribution in [-0.2, 0) is 0 Å². The second-order valence-electron chi connectivity index (χ2n) is 1.81. The number of carbonyl (C=O) groups excluding carboxylic acids is 1. The lowest BCUT2D eigenvalue weighted by Gasteiger charge is -1.88. The first-order chi connectivity index (χ1) is 5.52. The van der Waals surface area contributed by atoms with Gasteiger partial charge in [-0.25, -0.2) is 9.78 Å². The Morgan fingerprint density at radius 3 is 2.50 bits per heavy atom. The van der Waals surface area contributed by atoms with E-state index in [4.69, 9.17) is 22.4 Å². The minimum Gasteiger partial charge on any atom is -0.476 e. The lowest BCUT2D eigenvalue weighted by atomic mass is 10.3. The molecule has 0 radical (unpaired) electrons. The molecule has 0 saturated carbocycles. The van der Waals surface area contributed by atoms with Crippen LogP contribution in [0.15, 0.2) is 0 Å². The van der Waals surface area contributed by atoms with Crippen molar-refractivity contribution in [1.82, 2.24) is 4.98 Å². The first-order valence-electron chi connectivity index (χ1n) is 2.71. The number of primary amides is 1. The highest BCUT2D eigenvalue weighted by atomic mass is 35.5. The Morgan fingerprint density at radius 2 is 2.17 bits per heavy atom. The molecule has 1 aromatic rings. The molecule has 0 unspecified atom stereocenters. The second-order valence-corrected chi connectivity index (χ2v) is 3.40. The van der Waals surface area contributed by atoms with Gasteiger partial charge < -0.3 is 10.8 Å². The van der Waals surface area contributed by atoms with Crippen molar-refractivity contribution in [3.05, 3.63) is 15.0 Å². The molecule has 0 aliphatic rings. The first-order valence-corrected chi connectivity index (χ1v) is 3.91. The number of aromatic carboxylic acids is 1. The van der Waals surface area contributed by atoms with Crippen LogP contribution < -0.4 is 5.73 Å². The van der Waals surface area contributed by atoms with E-state index in [1.54, 1.807) is 0 Å². The number of carboxylic acid groups (broad SMARTS) is 1. The summed E-state index contributed by atoms with van der Waals surface area (Å²) < 4.78 is -0.0128. The Bertz CT molecular complexity index is 317. The van der Waals surface area contributed by atoms with Crippen LogP contribution in [0.5, 0.6) is 0 Å². The second kappa shape index (κ2) is 3.08. The quantitative estimate of drug-likeness (QED) is 0.741. The van der Waals surface area contributed by atoms with Crippen molar-refractivity contribution in [1.29, 1.82) is 0 Å². The molecule has 0 atom stereocenters. The van der Waals surface area contributed by atoms with Gasteiger partial charge in [0.25, 0.3) is 5.91 Å². The van der Waals surface area contributed by atoms with Gasteiger partial charge in [0.05, 0.1) is 0 Å². The van der Waals surface area contributed by atoms with Crippen molar-refractivity contribution in [3.8, 4) is 0 Å². The monoisotopic (exact) mass is 206 g/mol. The highest BCUT2D eigenvalue weighted by Gasteiger charge is 2.20. The molecule has 12 heavy (non-hydrogen) atoms. The van der Waals surface area contributed by atoms with Crippen LogP contribution in [0.4, 0.5) is 0 Å². The summed E-state index contributed by atoms with van der Waals surface area (Å²) in [6.45, 7) is 0. The van der Waals surface area contributed by atoms with Crippen LogP contribution in [0, 0.1) is 0 Å². The molecular formula is C5H3ClN2O3S. The zero-order chi connectivity index (χ0) is 9.30. The van der Waals surface area contributed by atoms with Gasteiger partial charge in [-0.2, -0.15) is 0 Å². The molecule has 5 nitrogen and oxygen atoms in total. The van der Waals surface area contributed by atoms with Gasteiger partial charge in [0.15, 0.2) is 10.2 Å². The Labute approximate surface area is 75.8 Å². The van der Waals surface area contributed by atoms with E-state index < -0.39 is 17.6 Å². The Morgan fingerprint density at radius 1 is 1.58 bits per heavy atom. The van der Waals surface area contributed by atoms with Gasteiger partial charge in [0, 0.05) is 0 Å². The van der Waals surface area contributed by atoms with Crippen LogP contribution in [0.1, 0.15) is 20.2 Å². The highest BCUT2D eigenvalue weighted by molar-refractivity contribution is 7.17. The van der Waals surface area contributed by atoms with Gasteiger partial charge in [0.1, 0.15) is 4.88 Å². The summed E-state index contributed by atoms with van der Waals surface area (Å²) in [6, 6.07) is 0. The maximum absolute atomic E-state index is 10.6. The Hall–Kier alpha value is -1.14. The summed E-state index contributed by atoms with van der Waals surface area (Å²) >= 11 is 6.14. The number of halogens is 1. The minimum atomic E-state index is -1.31. The van der Waals surface area contributed by atoms with Crippen molar-refractivity contribution in [2.75, 3.05) is 0 Å². The first kappa shape index (κ1) is 8.95. The van der Waals surface area contributed by atoms with E-state index in [1.807, 2.05) is 0 Å². The zero-order valence-electron chi connectivity index (χ0n) is 5.57. The predicted octanol–water partition coefficient (Wildman–Crippen LogP) is 0.594. The van der Waals surface area contributed by atoms with Crippen molar-refractivity contribution in [2.45, 2.75) is 0 Å². The van der Waals surface area contributed by atoms with Crippen LogP contribution in [0.2, 0.25) is 4.47 Å². The molecule has 0 aliphatic carbocycles. The van der Waals surface area contributed by atoms with E-state index in [1.165, 1.54) is 0 Å². The maximum Gasteiger partial charge on any atom is 0.356 e. The number of rotatable bonds is 2. The average Bonchev–Trinajstić information content (AvgIpc) is 2.31. The topological polar surface area (TPSA) is 93.3 Å². The van der Waals surface area contributed by atoms with Crippen molar-refractivity contribution in [2.24, 2.45) is 5.73 Å². The maximum atomic E-state index is 10.6. The molecule has 0 bridgehead atoms. The number of thiazole rings is 1. The number of aromatic nitrogens is 1. The third kappa shape index (κ3) is 1.54. The fourth-order valence-electron chi connectivity index (χ4n) is 0.606. The molecule has 0 aliphatic heterocycles. The van der Waals surface area contributed by atoms with Crippen molar-refractivity contribution >= 4 is 34.8 Å². The number of nitrogens with two attached hydrogens (primary N) is 1. The molecule has 1 amide bonds. The van der Waals surface area contributed by atoms with Crippen LogP contribution in [-0.4, -0.2) is 22.0 Å². The number of amides is 1. The lowest BCUT2D eigenvalue weighted by molar-refractivity contribution is 0.0687. The molecule has 1 rings (SSSR count). The average molecular weight is 207 g/mol. The minimum absolute atomic E-state index is 0.0128. The van der Waals surface area contributed by atoms with Gasteiger partial charge in [-0.05, 0) is 0 Å². The fraction of sp³-hybridized carbons (Fsp3) is 0. The lowest BCUT2D eigenvalue weighted by Crippen LogP contribution is -2.13. The van der Waals surface area contributed by atoms with Gasteiger partial charge in [0.2, 0.25) is 0 Å². The van der Waals surface area contributed by atoms with Crippen LogP contribution in [0.25, 0.3) is 0 Å². The molecule has 0 spiro atoms. The van der Waals surface area contributed by atoms with Gasteiger partial charge in [-0.15, -0.1) is 0 Å². The molecule has 0 saturated heterocycles. The predicted molar refractivity (Wildman–Crippen MR) is 42.6 cm³/mol. The number of nitrogens with zero attached hydrogens (tertiary/aromatic N) is 1.